The fraction of sp³-hybridized carbons (Fsp3) is 0.0714. The molecule has 0 fully saturated rings. The Morgan fingerprint density at radius 3 is 1.97 bits per heavy atom. The van der Waals surface area contributed by atoms with Crippen LogP contribution in [-0.2, 0) is 11.2 Å². The zero-order valence-electron chi connectivity index (χ0n) is 19.0. The molecule has 7 nitrogen and oxygen atoms in total. The highest BCUT2D eigenvalue weighted by atomic mass is 32.1. The van der Waals surface area contributed by atoms with Crippen LogP contribution >= 0.6 is 11.3 Å². The van der Waals surface area contributed by atoms with Gasteiger partial charge >= 0.3 is 0 Å². The third-order valence-electron chi connectivity index (χ3n) is 6.00. The molecule has 1 aromatic heterocycles. The molecule has 1 aliphatic heterocycles. The molecule has 0 saturated heterocycles. The van der Waals surface area contributed by atoms with E-state index in [4.69, 9.17) is 5.73 Å². The van der Waals surface area contributed by atoms with Crippen molar-refractivity contribution in [1.29, 1.82) is 0 Å². The van der Waals surface area contributed by atoms with Gasteiger partial charge in [-0.2, -0.15) is 0 Å². The van der Waals surface area contributed by atoms with Crippen LogP contribution in [0.15, 0.2) is 91.0 Å². The van der Waals surface area contributed by atoms with Crippen molar-refractivity contribution in [3.05, 3.63) is 113 Å². The Bertz CT molecular complexity index is 1450. The van der Waals surface area contributed by atoms with Crippen LogP contribution in [0.4, 0.5) is 5.00 Å². The maximum atomic E-state index is 13.7. The summed E-state index contributed by atoms with van der Waals surface area (Å²) in [5.41, 5.74) is 7.92. The van der Waals surface area contributed by atoms with E-state index in [0.717, 1.165) is 20.9 Å². The standard InChI is InChI=1S/C28H21N3O4S/c29-24(32)21-16-23(18-11-5-2-6-12-18)36-26(21)30-25(33)22(15-17-9-3-1-4-10-17)31-27(34)19-13-7-8-14-20(19)28(31)35/h1-14,16,22H,15H2,(H2,29,32)(H,30,33)/t22-/m1/s1. The maximum absolute atomic E-state index is 13.7. The van der Waals surface area contributed by atoms with Gasteiger partial charge in [-0.3, -0.25) is 24.1 Å². The number of primary amides is 1. The van der Waals surface area contributed by atoms with Crippen molar-refractivity contribution in [3.8, 4) is 10.4 Å². The second kappa shape index (κ2) is 9.59. The van der Waals surface area contributed by atoms with Gasteiger partial charge in [0.05, 0.1) is 16.7 Å². The SMILES string of the molecule is NC(=O)c1cc(-c2ccccc2)sc1NC(=O)[C@@H](Cc1ccccc1)N1C(=O)c2ccccc2C1=O. The molecule has 4 amide bonds. The molecule has 0 unspecified atom stereocenters. The summed E-state index contributed by atoms with van der Waals surface area (Å²) in [7, 11) is 0. The van der Waals surface area contributed by atoms with Gasteiger partial charge in [0.2, 0.25) is 5.91 Å². The molecule has 2 heterocycles. The number of hydrogen-bond donors (Lipinski definition) is 2. The molecule has 0 spiro atoms. The van der Waals surface area contributed by atoms with E-state index in [1.807, 2.05) is 60.7 Å². The largest absolute Gasteiger partial charge is 0.366 e. The van der Waals surface area contributed by atoms with Crippen molar-refractivity contribution in [3.63, 3.8) is 0 Å². The number of benzene rings is 3. The number of nitrogens with two attached hydrogens (primary N) is 1. The van der Waals surface area contributed by atoms with Gasteiger partial charge < -0.3 is 11.1 Å². The van der Waals surface area contributed by atoms with Crippen molar-refractivity contribution in [2.75, 3.05) is 5.32 Å². The van der Waals surface area contributed by atoms with Crippen molar-refractivity contribution < 1.29 is 19.2 Å². The summed E-state index contributed by atoms with van der Waals surface area (Å²) in [6.45, 7) is 0. The van der Waals surface area contributed by atoms with Crippen LogP contribution in [-0.4, -0.2) is 34.6 Å². The van der Waals surface area contributed by atoms with Gasteiger partial charge in [0.1, 0.15) is 11.0 Å². The summed E-state index contributed by atoms with van der Waals surface area (Å²) in [5, 5.41) is 3.04. The number of thiophene rings is 1. The molecule has 3 aromatic carbocycles. The number of nitrogens with one attached hydrogen (secondary N) is 1. The predicted molar refractivity (Wildman–Crippen MR) is 138 cm³/mol. The van der Waals surface area contributed by atoms with Gasteiger partial charge in [-0.05, 0) is 29.3 Å². The second-order valence-corrected chi connectivity index (χ2v) is 9.36. The van der Waals surface area contributed by atoms with Crippen molar-refractivity contribution in [2.45, 2.75) is 12.5 Å². The number of fused-ring (bicyclic) bond motifs is 1. The number of carbonyl (C=O) groups excluding carboxylic acids is 4. The quantitative estimate of drug-likeness (QED) is 0.371. The normalized spacial score (nSPS) is 13.4. The lowest BCUT2D eigenvalue weighted by Crippen LogP contribution is -2.48. The monoisotopic (exact) mass is 495 g/mol. The Morgan fingerprint density at radius 2 is 1.39 bits per heavy atom. The van der Waals surface area contributed by atoms with Crippen molar-refractivity contribution in [1.82, 2.24) is 4.90 Å². The summed E-state index contributed by atoms with van der Waals surface area (Å²) in [5.74, 6) is -2.34. The van der Waals surface area contributed by atoms with E-state index < -0.39 is 29.7 Å². The highest BCUT2D eigenvalue weighted by Crippen LogP contribution is 2.36. The lowest BCUT2D eigenvalue weighted by molar-refractivity contribution is -0.119. The highest BCUT2D eigenvalue weighted by Gasteiger charge is 2.43. The van der Waals surface area contributed by atoms with Crippen LogP contribution in [0.1, 0.15) is 36.6 Å². The molecule has 0 saturated carbocycles. The Morgan fingerprint density at radius 1 is 0.833 bits per heavy atom. The number of carbonyl (C=O) groups is 4. The van der Waals surface area contributed by atoms with Gasteiger partial charge in [0.15, 0.2) is 0 Å². The minimum absolute atomic E-state index is 0.112. The first-order valence-corrected chi connectivity index (χ1v) is 12.1. The topological polar surface area (TPSA) is 110 Å². The molecular formula is C28H21N3O4S. The predicted octanol–water partition coefficient (Wildman–Crippen LogP) is 4.36. The number of rotatable bonds is 7. The van der Waals surface area contributed by atoms with Crippen LogP contribution < -0.4 is 11.1 Å². The Labute approximate surface area is 211 Å². The molecule has 0 aliphatic carbocycles. The lowest BCUT2D eigenvalue weighted by Gasteiger charge is -2.25. The van der Waals surface area contributed by atoms with Gasteiger partial charge in [-0.1, -0.05) is 72.8 Å². The summed E-state index contributed by atoms with van der Waals surface area (Å²) < 4.78 is 0. The minimum atomic E-state index is -1.14. The summed E-state index contributed by atoms with van der Waals surface area (Å²) in [6, 6.07) is 25.5. The highest BCUT2D eigenvalue weighted by molar-refractivity contribution is 7.20. The lowest BCUT2D eigenvalue weighted by atomic mass is 10.0. The fourth-order valence-electron chi connectivity index (χ4n) is 4.24. The van der Waals surface area contributed by atoms with E-state index >= 15 is 0 Å². The fourth-order valence-corrected chi connectivity index (χ4v) is 5.31. The van der Waals surface area contributed by atoms with E-state index in [0.29, 0.717) is 0 Å². The van der Waals surface area contributed by atoms with E-state index in [1.54, 1.807) is 30.3 Å². The molecule has 1 atom stereocenters. The van der Waals surface area contributed by atoms with E-state index in [-0.39, 0.29) is 28.1 Å². The molecule has 4 aromatic rings. The molecule has 0 radical (unpaired) electrons. The van der Waals surface area contributed by atoms with Gasteiger partial charge in [-0.25, -0.2) is 0 Å². The molecule has 5 rings (SSSR count). The van der Waals surface area contributed by atoms with Crippen molar-refractivity contribution in [2.24, 2.45) is 5.73 Å². The number of hydrogen-bond acceptors (Lipinski definition) is 5. The van der Waals surface area contributed by atoms with Crippen molar-refractivity contribution >= 4 is 40.0 Å². The van der Waals surface area contributed by atoms with Gasteiger partial charge in [0.25, 0.3) is 17.7 Å². The number of anilines is 1. The first-order valence-electron chi connectivity index (χ1n) is 11.2. The Kier molecular flexibility index (Phi) is 6.18. The average molecular weight is 496 g/mol. The van der Waals surface area contributed by atoms with E-state index in [2.05, 4.69) is 5.32 Å². The second-order valence-electron chi connectivity index (χ2n) is 8.30. The molecule has 1 aliphatic rings. The van der Waals surface area contributed by atoms with Crippen LogP contribution in [0, 0.1) is 0 Å². The number of imide groups is 1. The van der Waals surface area contributed by atoms with Crippen LogP contribution in [0.25, 0.3) is 10.4 Å². The summed E-state index contributed by atoms with van der Waals surface area (Å²) in [6.07, 6.45) is 0.112. The molecule has 36 heavy (non-hydrogen) atoms. The third kappa shape index (κ3) is 4.30. The minimum Gasteiger partial charge on any atom is -0.366 e. The molecular weight excluding hydrogens is 474 g/mol. The average Bonchev–Trinajstić information content (AvgIpc) is 3.43. The van der Waals surface area contributed by atoms with E-state index in [1.165, 1.54) is 11.3 Å². The Hall–Kier alpha value is -4.56. The third-order valence-corrected chi connectivity index (χ3v) is 7.10. The van der Waals surface area contributed by atoms with Gasteiger partial charge in [-0.15, -0.1) is 11.3 Å². The smallest absolute Gasteiger partial charge is 0.262 e. The maximum Gasteiger partial charge on any atom is 0.262 e. The molecule has 0 bridgehead atoms. The Balaban J connectivity index is 1.51. The molecule has 178 valence electrons. The first-order chi connectivity index (χ1) is 17.4. The summed E-state index contributed by atoms with van der Waals surface area (Å²) >= 11 is 1.20. The zero-order chi connectivity index (χ0) is 25.2. The summed E-state index contributed by atoms with van der Waals surface area (Å²) in [4.78, 5) is 54.0. The number of nitrogens with zero attached hydrogens (tertiary/aromatic N) is 1. The molecule has 3 N–H and O–H groups in total. The van der Waals surface area contributed by atoms with Crippen LogP contribution in [0.5, 0.6) is 0 Å². The zero-order valence-corrected chi connectivity index (χ0v) is 19.8. The van der Waals surface area contributed by atoms with Gasteiger partial charge in [0, 0.05) is 11.3 Å². The first kappa shape index (κ1) is 23.2. The van der Waals surface area contributed by atoms with Crippen LogP contribution in [0.3, 0.4) is 0 Å². The van der Waals surface area contributed by atoms with E-state index in [9.17, 15) is 19.2 Å². The number of amides is 4. The molecule has 8 heteroatoms. The van der Waals surface area contributed by atoms with Crippen LogP contribution in [0.2, 0.25) is 0 Å².